The van der Waals surface area contributed by atoms with E-state index in [0.29, 0.717) is 19.6 Å². The lowest BCUT2D eigenvalue weighted by molar-refractivity contribution is -0.0908. The van der Waals surface area contributed by atoms with Gasteiger partial charge in [0, 0.05) is 26.2 Å². The molecule has 2 fully saturated rings. The lowest BCUT2D eigenvalue weighted by atomic mass is 10.2. The highest BCUT2D eigenvalue weighted by Crippen LogP contribution is 2.48. The summed E-state index contributed by atoms with van der Waals surface area (Å²) in [7, 11) is -1.79. The summed E-state index contributed by atoms with van der Waals surface area (Å²) < 4.78 is 30.9. The second-order valence-electron chi connectivity index (χ2n) is 6.42. The third kappa shape index (κ3) is 4.99. The van der Waals surface area contributed by atoms with E-state index in [1.807, 2.05) is 27.8 Å². The molecular formula is C14H29N2O5P. The van der Waals surface area contributed by atoms with Crippen LogP contribution in [0.3, 0.4) is 0 Å². The highest BCUT2D eigenvalue weighted by Gasteiger charge is 2.37. The lowest BCUT2D eigenvalue weighted by Crippen LogP contribution is -2.47. The Morgan fingerprint density at radius 2 is 1.77 bits per heavy atom. The van der Waals surface area contributed by atoms with Gasteiger partial charge in [-0.15, -0.1) is 0 Å². The second-order valence-corrected chi connectivity index (χ2v) is 8.23. The van der Waals surface area contributed by atoms with Gasteiger partial charge >= 0.3 is 7.75 Å². The molecule has 0 aliphatic carbocycles. The summed E-state index contributed by atoms with van der Waals surface area (Å²) in [5.74, 6) is 0. The molecule has 0 spiro atoms. The number of likely N-dealkylation sites (N-methyl/N-ethyl adjacent to an activating group) is 1. The Bertz CT molecular complexity index is 401. The zero-order chi connectivity index (χ0) is 16.3. The van der Waals surface area contributed by atoms with Crippen molar-refractivity contribution in [2.24, 2.45) is 0 Å². The Kier molecular flexibility index (Phi) is 6.42. The van der Waals surface area contributed by atoms with E-state index in [9.17, 15) is 9.46 Å². The Balaban J connectivity index is 1.88. The fourth-order valence-electron chi connectivity index (χ4n) is 3.08. The number of hydrogen-bond donors (Lipinski definition) is 1. The van der Waals surface area contributed by atoms with Crippen molar-refractivity contribution in [3.05, 3.63) is 0 Å². The van der Waals surface area contributed by atoms with Crippen LogP contribution in [0.2, 0.25) is 0 Å². The van der Waals surface area contributed by atoms with Crippen LogP contribution in [0.1, 0.15) is 27.2 Å². The minimum Gasteiger partial charge on any atom is -0.373 e. The van der Waals surface area contributed by atoms with Gasteiger partial charge in [-0.2, -0.15) is 0 Å². The summed E-state index contributed by atoms with van der Waals surface area (Å²) in [6, 6.07) is 0. The minimum atomic E-state index is -3.81. The van der Waals surface area contributed by atoms with Crippen molar-refractivity contribution in [1.82, 2.24) is 9.57 Å². The molecule has 0 radical (unpaired) electrons. The first-order chi connectivity index (χ1) is 10.3. The molecule has 7 nitrogen and oxygen atoms in total. The molecule has 22 heavy (non-hydrogen) atoms. The van der Waals surface area contributed by atoms with Crippen molar-refractivity contribution < 1.29 is 23.5 Å². The predicted octanol–water partition coefficient (Wildman–Crippen LogP) is 1.32. The van der Waals surface area contributed by atoms with Gasteiger partial charge < -0.3 is 19.3 Å². The number of ether oxygens (including phenoxy) is 2. The van der Waals surface area contributed by atoms with Gasteiger partial charge in [0.05, 0.1) is 31.0 Å². The molecule has 2 heterocycles. The molecule has 0 aromatic heterocycles. The van der Waals surface area contributed by atoms with Crippen LogP contribution in [-0.4, -0.2) is 78.7 Å². The smallest absolute Gasteiger partial charge is 0.373 e. The molecule has 0 bridgehead atoms. The van der Waals surface area contributed by atoms with Gasteiger partial charge in [-0.3, -0.25) is 4.52 Å². The average molecular weight is 336 g/mol. The third-order valence-electron chi connectivity index (χ3n) is 4.06. The van der Waals surface area contributed by atoms with E-state index in [1.54, 1.807) is 0 Å². The van der Waals surface area contributed by atoms with Crippen LogP contribution in [-0.2, 0) is 18.6 Å². The first kappa shape index (κ1) is 18.3. The quantitative estimate of drug-likeness (QED) is 0.759. The van der Waals surface area contributed by atoms with Crippen LogP contribution in [0.4, 0.5) is 0 Å². The van der Waals surface area contributed by atoms with Crippen LogP contribution in [0, 0.1) is 0 Å². The second kappa shape index (κ2) is 7.71. The first-order valence-corrected chi connectivity index (χ1v) is 9.55. The standard InChI is InChI=1S/C14H29N2O5P/c1-5-13-9-16(7-12(3)20-13)22(17,18)19-10-14-8-15(4)6-11(2)21-14/h11-14H,5-10H2,1-4H3,(H,17,18). The van der Waals surface area contributed by atoms with Gasteiger partial charge in [0.25, 0.3) is 0 Å². The van der Waals surface area contributed by atoms with E-state index in [-0.39, 0.29) is 31.0 Å². The first-order valence-electron chi connectivity index (χ1n) is 8.02. The van der Waals surface area contributed by atoms with Gasteiger partial charge in [0.1, 0.15) is 0 Å². The Morgan fingerprint density at radius 3 is 2.41 bits per heavy atom. The molecule has 0 aromatic carbocycles. The van der Waals surface area contributed by atoms with Gasteiger partial charge in [-0.1, -0.05) is 6.92 Å². The van der Waals surface area contributed by atoms with Gasteiger partial charge in [-0.25, -0.2) is 9.24 Å². The topological polar surface area (TPSA) is 71.5 Å². The zero-order valence-electron chi connectivity index (χ0n) is 14.0. The average Bonchev–Trinajstić information content (AvgIpc) is 2.43. The SMILES string of the molecule is CCC1CN(P(=O)(O)OCC2CN(C)CC(C)O2)CC(C)O1. The minimum absolute atomic E-state index is 0.0232. The van der Waals surface area contributed by atoms with Crippen molar-refractivity contribution in [3.8, 4) is 0 Å². The summed E-state index contributed by atoms with van der Waals surface area (Å²) >= 11 is 0. The maximum atomic E-state index is 12.5. The van der Waals surface area contributed by atoms with Gasteiger partial charge in [-0.05, 0) is 27.3 Å². The molecule has 5 atom stereocenters. The predicted molar refractivity (Wildman–Crippen MR) is 83.8 cm³/mol. The van der Waals surface area contributed by atoms with E-state index in [0.717, 1.165) is 13.0 Å². The maximum absolute atomic E-state index is 12.5. The van der Waals surface area contributed by atoms with Crippen molar-refractivity contribution >= 4 is 7.75 Å². The van der Waals surface area contributed by atoms with Gasteiger partial charge in [0.15, 0.2) is 0 Å². The van der Waals surface area contributed by atoms with Crippen LogP contribution < -0.4 is 0 Å². The maximum Gasteiger partial charge on any atom is 0.405 e. The van der Waals surface area contributed by atoms with Crippen LogP contribution >= 0.6 is 7.75 Å². The van der Waals surface area contributed by atoms with Crippen molar-refractivity contribution in [2.45, 2.75) is 51.6 Å². The van der Waals surface area contributed by atoms with Crippen LogP contribution in [0.5, 0.6) is 0 Å². The highest BCUT2D eigenvalue weighted by atomic mass is 31.2. The number of hydrogen-bond acceptors (Lipinski definition) is 5. The zero-order valence-corrected chi connectivity index (χ0v) is 14.9. The van der Waals surface area contributed by atoms with Gasteiger partial charge in [0.2, 0.25) is 0 Å². The Morgan fingerprint density at radius 1 is 1.14 bits per heavy atom. The van der Waals surface area contributed by atoms with E-state index in [4.69, 9.17) is 14.0 Å². The van der Waals surface area contributed by atoms with Crippen LogP contribution in [0.15, 0.2) is 0 Å². The van der Waals surface area contributed by atoms with Crippen molar-refractivity contribution in [3.63, 3.8) is 0 Å². The molecule has 2 aliphatic rings. The monoisotopic (exact) mass is 336 g/mol. The molecule has 1 N–H and O–H groups in total. The number of morpholine rings is 2. The summed E-state index contributed by atoms with van der Waals surface area (Å²) in [6.07, 6.45) is 0.660. The molecule has 2 saturated heterocycles. The Labute approximate surface area is 133 Å². The summed E-state index contributed by atoms with van der Waals surface area (Å²) in [5.41, 5.74) is 0. The summed E-state index contributed by atoms with van der Waals surface area (Å²) in [6.45, 7) is 8.46. The largest absolute Gasteiger partial charge is 0.405 e. The Hall–Kier alpha value is -0.0100. The molecule has 2 rings (SSSR count). The number of nitrogens with zero attached hydrogens (tertiary/aromatic N) is 2. The normalized spacial score (nSPS) is 37.9. The van der Waals surface area contributed by atoms with Crippen LogP contribution in [0.25, 0.3) is 0 Å². The fraction of sp³-hybridized carbons (Fsp3) is 1.00. The molecular weight excluding hydrogens is 307 g/mol. The summed E-state index contributed by atoms with van der Waals surface area (Å²) in [4.78, 5) is 12.4. The van der Waals surface area contributed by atoms with E-state index >= 15 is 0 Å². The summed E-state index contributed by atoms with van der Waals surface area (Å²) in [5, 5.41) is 0. The fourth-order valence-corrected chi connectivity index (χ4v) is 4.43. The third-order valence-corrected chi connectivity index (χ3v) is 5.58. The van der Waals surface area contributed by atoms with Crippen molar-refractivity contribution in [2.75, 3.05) is 39.8 Å². The molecule has 2 aliphatic heterocycles. The lowest BCUT2D eigenvalue weighted by Gasteiger charge is -2.39. The van der Waals surface area contributed by atoms with E-state index < -0.39 is 7.75 Å². The molecule has 5 unspecified atom stereocenters. The molecule has 130 valence electrons. The van der Waals surface area contributed by atoms with E-state index in [2.05, 4.69) is 4.90 Å². The number of rotatable bonds is 5. The molecule has 0 amide bonds. The molecule has 0 saturated carbocycles. The van der Waals surface area contributed by atoms with E-state index in [1.165, 1.54) is 4.67 Å². The van der Waals surface area contributed by atoms with Crippen molar-refractivity contribution in [1.29, 1.82) is 0 Å². The molecule has 0 aromatic rings. The highest BCUT2D eigenvalue weighted by molar-refractivity contribution is 7.50. The molecule has 8 heteroatoms.